The van der Waals surface area contributed by atoms with Gasteiger partial charge in [0.25, 0.3) is 0 Å². The number of nitrogens with one attached hydrogen (secondary N) is 1. The van der Waals surface area contributed by atoms with Crippen LogP contribution >= 0.6 is 0 Å². The summed E-state index contributed by atoms with van der Waals surface area (Å²) < 4.78 is 5.76. The van der Waals surface area contributed by atoms with Gasteiger partial charge in [0, 0.05) is 25.2 Å². The van der Waals surface area contributed by atoms with Gasteiger partial charge in [0.05, 0.1) is 6.54 Å². The third kappa shape index (κ3) is 3.91. The SMILES string of the molecule is CC(C)NCc1nnc(N2CCCN(C)CC2C)o1. The van der Waals surface area contributed by atoms with Gasteiger partial charge < -0.3 is 19.5 Å². The fraction of sp³-hybridized carbons (Fsp3) is 0.846. The Balaban J connectivity index is 2.00. The van der Waals surface area contributed by atoms with Crippen molar-refractivity contribution in [2.24, 2.45) is 0 Å². The molecular weight excluding hydrogens is 242 g/mol. The van der Waals surface area contributed by atoms with Gasteiger partial charge in [-0.3, -0.25) is 0 Å². The monoisotopic (exact) mass is 267 g/mol. The first-order valence-electron chi connectivity index (χ1n) is 7.07. The summed E-state index contributed by atoms with van der Waals surface area (Å²) in [5.41, 5.74) is 0. The van der Waals surface area contributed by atoms with Gasteiger partial charge in [-0.1, -0.05) is 18.9 Å². The van der Waals surface area contributed by atoms with Crippen molar-refractivity contribution in [3.05, 3.63) is 5.89 Å². The van der Waals surface area contributed by atoms with Gasteiger partial charge in [0.1, 0.15) is 0 Å². The van der Waals surface area contributed by atoms with Gasteiger partial charge in [0.2, 0.25) is 5.89 Å². The molecule has 1 aliphatic rings. The summed E-state index contributed by atoms with van der Waals surface area (Å²) in [5.74, 6) is 0.661. The average molecular weight is 267 g/mol. The highest BCUT2D eigenvalue weighted by Gasteiger charge is 2.24. The zero-order valence-electron chi connectivity index (χ0n) is 12.4. The van der Waals surface area contributed by atoms with E-state index in [0.717, 1.165) is 26.1 Å². The van der Waals surface area contributed by atoms with Gasteiger partial charge in [-0.05, 0) is 26.9 Å². The van der Waals surface area contributed by atoms with E-state index in [0.29, 0.717) is 30.5 Å². The van der Waals surface area contributed by atoms with Crippen molar-refractivity contribution >= 4 is 6.01 Å². The lowest BCUT2D eigenvalue weighted by Crippen LogP contribution is -2.38. The van der Waals surface area contributed by atoms with Crippen LogP contribution in [-0.4, -0.2) is 53.9 Å². The van der Waals surface area contributed by atoms with Gasteiger partial charge >= 0.3 is 6.01 Å². The summed E-state index contributed by atoms with van der Waals surface area (Å²) in [6.07, 6.45) is 1.13. The van der Waals surface area contributed by atoms with Gasteiger partial charge in [-0.2, -0.15) is 0 Å². The molecule has 1 unspecified atom stereocenters. The van der Waals surface area contributed by atoms with Crippen LogP contribution in [0.2, 0.25) is 0 Å². The Labute approximate surface area is 115 Å². The Bertz CT molecular complexity index is 392. The van der Waals surface area contributed by atoms with E-state index >= 15 is 0 Å². The molecule has 19 heavy (non-hydrogen) atoms. The Morgan fingerprint density at radius 2 is 2.16 bits per heavy atom. The molecule has 1 aromatic heterocycles. The maximum Gasteiger partial charge on any atom is 0.318 e. The molecule has 6 nitrogen and oxygen atoms in total. The average Bonchev–Trinajstić information content (AvgIpc) is 2.73. The third-order valence-corrected chi connectivity index (χ3v) is 3.41. The molecule has 1 N–H and O–H groups in total. The van der Waals surface area contributed by atoms with Crippen molar-refractivity contribution in [3.8, 4) is 0 Å². The lowest BCUT2D eigenvalue weighted by atomic mass is 10.3. The lowest BCUT2D eigenvalue weighted by molar-refractivity contribution is 0.334. The number of likely N-dealkylation sites (N-methyl/N-ethyl adjacent to an activating group) is 1. The molecule has 1 atom stereocenters. The van der Waals surface area contributed by atoms with Crippen molar-refractivity contribution in [1.29, 1.82) is 0 Å². The van der Waals surface area contributed by atoms with E-state index in [2.05, 4.69) is 53.1 Å². The minimum atomic E-state index is 0.402. The first kappa shape index (κ1) is 14.3. The molecule has 1 saturated heterocycles. The van der Waals surface area contributed by atoms with Gasteiger partial charge in [0.15, 0.2) is 0 Å². The van der Waals surface area contributed by atoms with Crippen LogP contribution in [-0.2, 0) is 6.54 Å². The summed E-state index contributed by atoms with van der Waals surface area (Å²) in [7, 11) is 2.16. The molecule has 2 heterocycles. The highest BCUT2D eigenvalue weighted by atomic mass is 16.4. The van der Waals surface area contributed by atoms with Crippen LogP contribution in [0.4, 0.5) is 6.01 Å². The van der Waals surface area contributed by atoms with Crippen LogP contribution in [0.5, 0.6) is 0 Å². The number of hydrogen-bond donors (Lipinski definition) is 1. The first-order valence-corrected chi connectivity index (χ1v) is 7.07. The van der Waals surface area contributed by atoms with Gasteiger partial charge in [-0.25, -0.2) is 0 Å². The van der Waals surface area contributed by atoms with Crippen LogP contribution in [0.3, 0.4) is 0 Å². The van der Waals surface area contributed by atoms with E-state index in [1.165, 1.54) is 0 Å². The number of anilines is 1. The summed E-state index contributed by atoms with van der Waals surface area (Å²) in [5, 5.41) is 11.6. The third-order valence-electron chi connectivity index (χ3n) is 3.41. The van der Waals surface area contributed by atoms with E-state index < -0.39 is 0 Å². The molecule has 0 aliphatic carbocycles. The Morgan fingerprint density at radius 1 is 1.37 bits per heavy atom. The maximum absolute atomic E-state index is 5.76. The molecule has 0 spiro atoms. The van der Waals surface area contributed by atoms with Crippen LogP contribution in [0.1, 0.15) is 33.1 Å². The van der Waals surface area contributed by atoms with Crippen LogP contribution in [0.15, 0.2) is 4.42 Å². The molecule has 1 aliphatic heterocycles. The summed E-state index contributed by atoms with van der Waals surface area (Å²) >= 11 is 0. The predicted octanol–water partition coefficient (Wildman–Crippen LogP) is 1.10. The quantitative estimate of drug-likeness (QED) is 0.881. The zero-order chi connectivity index (χ0) is 13.8. The molecule has 0 aromatic carbocycles. The van der Waals surface area contributed by atoms with E-state index in [-0.39, 0.29) is 0 Å². The van der Waals surface area contributed by atoms with E-state index in [1.54, 1.807) is 0 Å². The van der Waals surface area contributed by atoms with Crippen LogP contribution in [0, 0.1) is 0 Å². The molecule has 1 fully saturated rings. The molecule has 0 saturated carbocycles. The minimum absolute atomic E-state index is 0.402. The second-order valence-electron chi connectivity index (χ2n) is 5.67. The van der Waals surface area contributed by atoms with Crippen molar-refractivity contribution in [2.45, 2.75) is 45.8 Å². The predicted molar refractivity (Wildman–Crippen MR) is 75.2 cm³/mol. The molecule has 1 aromatic rings. The molecule has 0 amide bonds. The fourth-order valence-electron chi connectivity index (χ4n) is 2.38. The summed E-state index contributed by atoms with van der Waals surface area (Å²) in [6.45, 7) is 10.2. The number of nitrogens with zero attached hydrogens (tertiary/aromatic N) is 4. The second kappa shape index (κ2) is 6.34. The van der Waals surface area contributed by atoms with Crippen molar-refractivity contribution in [3.63, 3.8) is 0 Å². The summed E-state index contributed by atoms with van der Waals surface area (Å²) in [4.78, 5) is 4.57. The largest absolute Gasteiger partial charge is 0.407 e. The normalized spacial score (nSPS) is 21.9. The van der Waals surface area contributed by atoms with Crippen LogP contribution in [0.25, 0.3) is 0 Å². The van der Waals surface area contributed by atoms with Crippen LogP contribution < -0.4 is 10.2 Å². The highest BCUT2D eigenvalue weighted by molar-refractivity contribution is 5.26. The second-order valence-corrected chi connectivity index (χ2v) is 5.67. The molecule has 108 valence electrons. The van der Waals surface area contributed by atoms with Gasteiger partial charge in [-0.15, -0.1) is 5.10 Å². The lowest BCUT2D eigenvalue weighted by Gasteiger charge is -2.25. The van der Waals surface area contributed by atoms with Crippen molar-refractivity contribution in [2.75, 3.05) is 31.6 Å². The molecule has 0 radical (unpaired) electrons. The Morgan fingerprint density at radius 3 is 2.89 bits per heavy atom. The molecule has 0 bridgehead atoms. The van der Waals surface area contributed by atoms with E-state index in [4.69, 9.17) is 4.42 Å². The van der Waals surface area contributed by atoms with Crippen molar-refractivity contribution in [1.82, 2.24) is 20.4 Å². The fourth-order valence-corrected chi connectivity index (χ4v) is 2.38. The van der Waals surface area contributed by atoms with E-state index in [9.17, 15) is 0 Å². The maximum atomic E-state index is 5.76. The molecular formula is C13H25N5O. The standard InChI is InChI=1S/C13H25N5O/c1-10(2)14-8-12-15-16-13(19-12)18-7-5-6-17(4)9-11(18)3/h10-11,14H,5-9H2,1-4H3. The molecule has 2 rings (SSSR count). The van der Waals surface area contributed by atoms with Crippen molar-refractivity contribution < 1.29 is 4.42 Å². The Kier molecular flexibility index (Phi) is 4.76. The molecule has 6 heteroatoms. The minimum Gasteiger partial charge on any atom is -0.407 e. The smallest absolute Gasteiger partial charge is 0.318 e. The zero-order valence-corrected chi connectivity index (χ0v) is 12.4. The Hall–Kier alpha value is -1.14. The number of hydrogen-bond acceptors (Lipinski definition) is 6. The topological polar surface area (TPSA) is 57.4 Å². The van der Waals surface area contributed by atoms with E-state index in [1.807, 2.05) is 0 Å². The summed E-state index contributed by atoms with van der Waals surface area (Å²) in [6, 6.07) is 1.48. The highest BCUT2D eigenvalue weighted by Crippen LogP contribution is 2.18. The first-order chi connectivity index (χ1) is 9.06. The number of rotatable bonds is 4. The number of aromatic nitrogens is 2.